The van der Waals surface area contributed by atoms with Crippen LogP contribution in [0.3, 0.4) is 0 Å². The van der Waals surface area contributed by atoms with Gasteiger partial charge in [0, 0.05) is 11.6 Å². The molecule has 0 unspecified atom stereocenters. The molecule has 0 spiro atoms. The highest BCUT2D eigenvalue weighted by atomic mass is 32.1. The van der Waals surface area contributed by atoms with Crippen molar-refractivity contribution < 1.29 is 28.2 Å². The quantitative estimate of drug-likeness (QED) is 0.376. The predicted octanol–water partition coefficient (Wildman–Crippen LogP) is 3.43. The van der Waals surface area contributed by atoms with Gasteiger partial charge in [-0.3, -0.25) is 19.3 Å². The maximum atomic E-state index is 15.3. The van der Waals surface area contributed by atoms with E-state index in [-0.39, 0.29) is 39.3 Å². The minimum atomic E-state index is -1.40. The number of benzene rings is 2. The molecule has 1 saturated carbocycles. The van der Waals surface area contributed by atoms with Gasteiger partial charge in [-0.05, 0) is 54.7 Å². The molecule has 10 nitrogen and oxygen atoms in total. The molecule has 0 radical (unpaired) electrons. The molecule has 3 amide bonds. The number of nitrogens with one attached hydrogen (secondary N) is 1. The van der Waals surface area contributed by atoms with Gasteiger partial charge in [-0.2, -0.15) is 4.37 Å². The smallest absolute Gasteiger partial charge is 0.273 e. The molecule has 200 valence electrons. The second-order valence-corrected chi connectivity index (χ2v) is 9.54. The van der Waals surface area contributed by atoms with Crippen LogP contribution in [0.1, 0.15) is 57.4 Å². The first-order valence-corrected chi connectivity index (χ1v) is 12.7. The van der Waals surface area contributed by atoms with Crippen LogP contribution in [0, 0.1) is 5.82 Å². The van der Waals surface area contributed by atoms with E-state index in [4.69, 9.17) is 20.9 Å². The van der Waals surface area contributed by atoms with Gasteiger partial charge in [-0.1, -0.05) is 25.0 Å². The van der Waals surface area contributed by atoms with Crippen molar-refractivity contribution in [1.82, 2.24) is 9.69 Å². The summed E-state index contributed by atoms with van der Waals surface area (Å²) in [4.78, 5) is 40.7. The topological polar surface area (TPSA) is 150 Å². The Labute approximate surface area is 222 Å². The van der Waals surface area contributed by atoms with Crippen LogP contribution in [0.4, 0.5) is 15.8 Å². The third-order valence-corrected chi connectivity index (χ3v) is 7.28. The monoisotopic (exact) mass is 541 g/mol. The molecule has 4 rings (SSSR count). The molecule has 38 heavy (non-hydrogen) atoms. The number of amides is 3. The number of hydrogen-bond acceptors (Lipinski definition) is 8. The Kier molecular flexibility index (Phi) is 8.10. The van der Waals surface area contributed by atoms with Gasteiger partial charge in [0.1, 0.15) is 28.2 Å². The second-order valence-electron chi connectivity index (χ2n) is 8.77. The first-order valence-electron chi connectivity index (χ1n) is 11.9. The van der Waals surface area contributed by atoms with Crippen LogP contribution in [0.15, 0.2) is 42.5 Å². The van der Waals surface area contributed by atoms with Crippen molar-refractivity contribution in [3.8, 4) is 11.5 Å². The fraction of sp³-hybridized carbons (Fsp3) is 0.308. The number of para-hydroxylation sites is 1. The van der Waals surface area contributed by atoms with Crippen molar-refractivity contribution in [2.45, 2.75) is 37.8 Å². The summed E-state index contributed by atoms with van der Waals surface area (Å²) in [7, 11) is 2.88. The van der Waals surface area contributed by atoms with Crippen LogP contribution in [0.2, 0.25) is 0 Å². The van der Waals surface area contributed by atoms with Gasteiger partial charge >= 0.3 is 0 Å². The van der Waals surface area contributed by atoms with E-state index in [1.807, 2.05) is 0 Å². The Hall–Kier alpha value is -4.19. The standard InChI is InChI=1S/C26H28FN5O5S/c1-36-15-11-12-19(37-2)16(13-15)22(25(34)30-14-7-3-4-8-14)32(18-10-6-5-9-17(18)27)26(35)23-20(28)21(24(29)33)31-38-23/h5-6,9-14,22H,3-4,7-8,28H2,1-2H3,(H2,29,33)(H,30,34)/t22-/m0/s1. The predicted molar refractivity (Wildman–Crippen MR) is 141 cm³/mol. The summed E-state index contributed by atoms with van der Waals surface area (Å²) in [5.74, 6) is -2.37. The summed E-state index contributed by atoms with van der Waals surface area (Å²) in [5, 5.41) is 3.01. The highest BCUT2D eigenvalue weighted by molar-refractivity contribution is 7.09. The molecule has 1 heterocycles. The van der Waals surface area contributed by atoms with E-state index in [0.717, 1.165) is 30.6 Å². The molecular weight excluding hydrogens is 513 g/mol. The zero-order valence-corrected chi connectivity index (χ0v) is 21.7. The number of aromatic nitrogens is 1. The van der Waals surface area contributed by atoms with Crippen molar-refractivity contribution in [3.05, 3.63) is 64.4 Å². The van der Waals surface area contributed by atoms with Crippen LogP contribution in [-0.4, -0.2) is 42.4 Å². The maximum Gasteiger partial charge on any atom is 0.273 e. The van der Waals surface area contributed by atoms with Gasteiger partial charge in [-0.15, -0.1) is 0 Å². The van der Waals surface area contributed by atoms with Crippen LogP contribution in [0.5, 0.6) is 11.5 Å². The lowest BCUT2D eigenvalue weighted by atomic mass is 10.00. The van der Waals surface area contributed by atoms with Gasteiger partial charge in [-0.25, -0.2) is 4.39 Å². The minimum absolute atomic E-state index is 0.103. The van der Waals surface area contributed by atoms with E-state index in [1.54, 1.807) is 18.2 Å². The lowest BCUT2D eigenvalue weighted by Crippen LogP contribution is -2.46. The third-order valence-electron chi connectivity index (χ3n) is 6.43. The Morgan fingerprint density at radius 1 is 1.13 bits per heavy atom. The Balaban J connectivity index is 1.94. The van der Waals surface area contributed by atoms with E-state index in [0.29, 0.717) is 17.3 Å². The van der Waals surface area contributed by atoms with Gasteiger partial charge < -0.3 is 26.3 Å². The molecule has 2 aromatic carbocycles. The average molecular weight is 542 g/mol. The minimum Gasteiger partial charge on any atom is -0.497 e. The maximum absolute atomic E-state index is 15.3. The summed E-state index contributed by atoms with van der Waals surface area (Å²) >= 11 is 0.639. The number of ether oxygens (including phenoxy) is 2. The number of hydrogen-bond donors (Lipinski definition) is 3. The highest BCUT2D eigenvalue weighted by Crippen LogP contribution is 2.39. The molecule has 1 aliphatic carbocycles. The van der Waals surface area contributed by atoms with Gasteiger partial charge in [0.05, 0.1) is 25.6 Å². The molecule has 0 aliphatic heterocycles. The number of methoxy groups -OCH3 is 2. The molecule has 1 atom stereocenters. The molecule has 1 fully saturated rings. The number of rotatable bonds is 9. The van der Waals surface area contributed by atoms with E-state index in [1.165, 1.54) is 38.5 Å². The summed E-state index contributed by atoms with van der Waals surface area (Å²) in [6.07, 6.45) is 3.49. The number of carbonyl (C=O) groups excluding carboxylic acids is 3. The number of nitrogens with two attached hydrogens (primary N) is 2. The number of nitrogen functional groups attached to an aromatic ring is 1. The van der Waals surface area contributed by atoms with Crippen molar-refractivity contribution in [2.75, 3.05) is 24.9 Å². The number of carbonyl (C=O) groups is 3. The first kappa shape index (κ1) is 26.9. The van der Waals surface area contributed by atoms with Gasteiger partial charge in [0.15, 0.2) is 5.69 Å². The number of nitrogens with zero attached hydrogens (tertiary/aromatic N) is 2. The van der Waals surface area contributed by atoms with Crippen molar-refractivity contribution in [1.29, 1.82) is 0 Å². The van der Waals surface area contributed by atoms with E-state index >= 15 is 4.39 Å². The molecule has 1 aliphatic rings. The summed E-state index contributed by atoms with van der Waals surface area (Å²) in [6, 6.07) is 8.86. The SMILES string of the molecule is COc1ccc(OC)c([C@@H](C(=O)NC2CCCC2)N(C(=O)c2snc(C(N)=O)c2N)c2ccccc2F)c1. The van der Waals surface area contributed by atoms with Crippen LogP contribution in [-0.2, 0) is 4.79 Å². The van der Waals surface area contributed by atoms with Gasteiger partial charge in [0.2, 0.25) is 5.91 Å². The summed E-state index contributed by atoms with van der Waals surface area (Å²) in [5.41, 5.74) is 11.0. The zero-order valence-electron chi connectivity index (χ0n) is 20.9. The fourth-order valence-electron chi connectivity index (χ4n) is 4.55. The van der Waals surface area contributed by atoms with Crippen molar-refractivity contribution >= 4 is 40.6 Å². The molecular formula is C26H28FN5O5S. The number of primary amides is 1. The molecule has 12 heteroatoms. The van der Waals surface area contributed by atoms with E-state index < -0.39 is 29.6 Å². The fourth-order valence-corrected chi connectivity index (χ4v) is 5.29. The molecule has 0 bridgehead atoms. The van der Waals surface area contributed by atoms with E-state index in [9.17, 15) is 14.4 Å². The zero-order chi connectivity index (χ0) is 27.4. The van der Waals surface area contributed by atoms with Crippen LogP contribution >= 0.6 is 11.5 Å². The molecule has 3 aromatic rings. The van der Waals surface area contributed by atoms with Gasteiger partial charge in [0.25, 0.3) is 11.8 Å². The summed E-state index contributed by atoms with van der Waals surface area (Å²) in [6.45, 7) is 0. The Morgan fingerprint density at radius 3 is 2.45 bits per heavy atom. The molecule has 1 aromatic heterocycles. The normalized spacial score (nSPS) is 14.1. The lowest BCUT2D eigenvalue weighted by molar-refractivity contribution is -0.123. The largest absolute Gasteiger partial charge is 0.497 e. The third kappa shape index (κ3) is 5.25. The lowest BCUT2D eigenvalue weighted by Gasteiger charge is -2.33. The second kappa shape index (κ2) is 11.5. The number of anilines is 2. The van der Waals surface area contributed by atoms with Crippen molar-refractivity contribution in [2.24, 2.45) is 5.73 Å². The Bertz CT molecular complexity index is 1360. The molecule has 5 N–H and O–H groups in total. The first-order chi connectivity index (χ1) is 18.3. The highest BCUT2D eigenvalue weighted by Gasteiger charge is 2.39. The van der Waals surface area contributed by atoms with E-state index in [2.05, 4.69) is 9.69 Å². The molecule has 0 saturated heterocycles. The van der Waals surface area contributed by atoms with Crippen molar-refractivity contribution in [3.63, 3.8) is 0 Å². The average Bonchev–Trinajstić information content (AvgIpc) is 3.56. The number of halogens is 1. The Morgan fingerprint density at radius 2 is 1.84 bits per heavy atom. The van der Waals surface area contributed by atoms with Crippen LogP contribution in [0.25, 0.3) is 0 Å². The van der Waals surface area contributed by atoms with Crippen LogP contribution < -0.4 is 31.2 Å². The summed E-state index contributed by atoms with van der Waals surface area (Å²) < 4.78 is 30.2.